The van der Waals surface area contributed by atoms with Crippen LogP contribution in [0.4, 0.5) is 5.69 Å². The molecule has 1 atom stereocenters. The summed E-state index contributed by atoms with van der Waals surface area (Å²) in [5.74, 6) is 1.13. The summed E-state index contributed by atoms with van der Waals surface area (Å²) in [4.78, 5) is 14.6. The first-order chi connectivity index (χ1) is 9.10. The minimum atomic E-state index is -0.753. The van der Waals surface area contributed by atoms with E-state index >= 15 is 0 Å². The lowest BCUT2D eigenvalue weighted by atomic mass is 9.95. The van der Waals surface area contributed by atoms with Gasteiger partial charge in [-0.15, -0.1) is 0 Å². The number of benzene rings is 1. The minimum Gasteiger partial charge on any atom is -0.491 e. The maximum Gasteiger partial charge on any atom is 0.247 e. The van der Waals surface area contributed by atoms with Crippen molar-refractivity contribution in [3.05, 3.63) is 24.3 Å². The number of hydrogen-bond acceptors (Lipinski definition) is 3. The molecule has 1 aliphatic heterocycles. The highest BCUT2D eigenvalue weighted by Crippen LogP contribution is 2.41. The number of carbonyl (C=O) groups excluding carboxylic acids is 1. The van der Waals surface area contributed by atoms with Gasteiger partial charge in [0, 0.05) is 6.54 Å². The second-order valence-corrected chi connectivity index (χ2v) is 5.68. The van der Waals surface area contributed by atoms with Crippen LogP contribution in [0.3, 0.4) is 0 Å². The third kappa shape index (κ3) is 2.21. The van der Waals surface area contributed by atoms with Gasteiger partial charge in [0.15, 0.2) is 0 Å². The Bertz CT molecular complexity index is 495. The summed E-state index contributed by atoms with van der Waals surface area (Å²) in [5, 5.41) is 0. The summed E-state index contributed by atoms with van der Waals surface area (Å²) in [6.45, 7) is 3.18. The van der Waals surface area contributed by atoms with Crippen molar-refractivity contribution in [2.75, 3.05) is 18.1 Å². The summed E-state index contributed by atoms with van der Waals surface area (Å²) in [6, 6.07) is 7.70. The topological polar surface area (TPSA) is 55.6 Å². The highest BCUT2D eigenvalue weighted by atomic mass is 16.5. The molecule has 0 spiro atoms. The van der Waals surface area contributed by atoms with Crippen molar-refractivity contribution in [1.29, 1.82) is 0 Å². The quantitative estimate of drug-likeness (QED) is 0.884. The first-order valence-corrected chi connectivity index (χ1v) is 6.93. The van der Waals surface area contributed by atoms with E-state index in [1.54, 1.807) is 4.90 Å². The molecule has 2 N–H and O–H groups in total. The smallest absolute Gasteiger partial charge is 0.247 e. The number of amides is 1. The molecule has 2 aliphatic rings. The van der Waals surface area contributed by atoms with Gasteiger partial charge in [0.25, 0.3) is 0 Å². The molecule has 1 amide bonds. The van der Waals surface area contributed by atoms with Gasteiger partial charge in [0.05, 0.1) is 17.8 Å². The van der Waals surface area contributed by atoms with Crippen LogP contribution in [0.1, 0.15) is 26.2 Å². The van der Waals surface area contributed by atoms with Gasteiger partial charge in [-0.25, -0.2) is 0 Å². The molecule has 4 heteroatoms. The Morgan fingerprint density at radius 1 is 1.42 bits per heavy atom. The molecule has 102 valence electrons. The van der Waals surface area contributed by atoms with Crippen molar-refractivity contribution in [2.24, 2.45) is 11.7 Å². The molecule has 1 aromatic carbocycles. The van der Waals surface area contributed by atoms with E-state index in [0.29, 0.717) is 19.1 Å². The Kier molecular flexibility index (Phi) is 2.97. The molecule has 1 aromatic rings. The fraction of sp³-hybridized carbons (Fsp3) is 0.533. The average Bonchev–Trinajstić information content (AvgIpc) is 3.24. The van der Waals surface area contributed by atoms with Crippen molar-refractivity contribution < 1.29 is 9.53 Å². The highest BCUT2D eigenvalue weighted by molar-refractivity contribution is 6.01. The first-order valence-electron chi connectivity index (χ1n) is 6.93. The van der Waals surface area contributed by atoms with E-state index < -0.39 is 5.54 Å². The molecule has 1 heterocycles. The summed E-state index contributed by atoms with van der Waals surface area (Å²) in [5.41, 5.74) is 6.37. The second kappa shape index (κ2) is 4.53. The van der Waals surface area contributed by atoms with E-state index in [-0.39, 0.29) is 5.91 Å². The minimum absolute atomic E-state index is 0.0213. The van der Waals surface area contributed by atoms with Crippen LogP contribution in [-0.4, -0.2) is 24.6 Å². The van der Waals surface area contributed by atoms with Gasteiger partial charge >= 0.3 is 0 Å². The molecule has 0 aromatic heterocycles. The third-order valence-electron chi connectivity index (χ3n) is 4.07. The maximum atomic E-state index is 12.8. The van der Waals surface area contributed by atoms with E-state index in [0.717, 1.165) is 30.7 Å². The van der Waals surface area contributed by atoms with E-state index in [2.05, 4.69) is 0 Å². The Hall–Kier alpha value is -1.55. The molecule has 3 rings (SSSR count). The van der Waals surface area contributed by atoms with Crippen molar-refractivity contribution in [3.63, 3.8) is 0 Å². The summed E-state index contributed by atoms with van der Waals surface area (Å²) in [7, 11) is 0. The molecule has 0 bridgehead atoms. The van der Waals surface area contributed by atoms with Crippen molar-refractivity contribution in [1.82, 2.24) is 0 Å². The number of anilines is 1. The normalized spacial score (nSPS) is 21.9. The largest absolute Gasteiger partial charge is 0.491 e. The summed E-state index contributed by atoms with van der Waals surface area (Å²) in [6.07, 6.45) is 2.95. The van der Waals surface area contributed by atoms with Crippen molar-refractivity contribution >= 4 is 11.6 Å². The van der Waals surface area contributed by atoms with E-state index in [9.17, 15) is 4.79 Å². The molecule has 1 unspecified atom stereocenters. The molecule has 1 fully saturated rings. The van der Waals surface area contributed by atoms with Gasteiger partial charge in [-0.3, -0.25) is 4.79 Å². The van der Waals surface area contributed by atoms with Gasteiger partial charge < -0.3 is 15.4 Å². The fourth-order valence-corrected chi connectivity index (χ4v) is 2.69. The molecule has 1 saturated carbocycles. The standard InChI is InChI=1S/C15H20N2O2/c1-15(16,11-7-8-11)14(18)17-9-4-10-19-13-6-3-2-5-12(13)17/h2-3,5-6,11H,4,7-10,16H2,1H3. The zero-order valence-electron chi connectivity index (χ0n) is 11.3. The number of fused-ring (bicyclic) bond motifs is 1. The van der Waals surface area contributed by atoms with Gasteiger partial charge in [-0.2, -0.15) is 0 Å². The Balaban J connectivity index is 1.93. The van der Waals surface area contributed by atoms with Crippen molar-refractivity contribution in [2.45, 2.75) is 31.7 Å². The number of ether oxygens (including phenoxy) is 1. The van der Waals surface area contributed by atoms with Crippen LogP contribution in [-0.2, 0) is 4.79 Å². The van der Waals surface area contributed by atoms with Crippen molar-refractivity contribution in [3.8, 4) is 5.75 Å². The Morgan fingerprint density at radius 3 is 2.89 bits per heavy atom. The van der Waals surface area contributed by atoms with Crippen LogP contribution in [0.2, 0.25) is 0 Å². The predicted octanol–water partition coefficient (Wildman–Crippen LogP) is 1.93. The molecule has 0 saturated heterocycles. The highest BCUT2D eigenvalue weighted by Gasteiger charge is 2.46. The predicted molar refractivity (Wildman–Crippen MR) is 74.2 cm³/mol. The van der Waals surface area contributed by atoms with Crippen LogP contribution in [0.15, 0.2) is 24.3 Å². The number of nitrogens with zero attached hydrogens (tertiary/aromatic N) is 1. The van der Waals surface area contributed by atoms with E-state index in [1.807, 2.05) is 31.2 Å². The molecule has 19 heavy (non-hydrogen) atoms. The number of para-hydroxylation sites is 2. The average molecular weight is 260 g/mol. The van der Waals surface area contributed by atoms with Gasteiger partial charge in [-0.05, 0) is 44.2 Å². The SMILES string of the molecule is CC(N)(C(=O)N1CCCOc2ccccc21)C1CC1. The molecular formula is C15H20N2O2. The molecule has 4 nitrogen and oxygen atoms in total. The number of nitrogens with two attached hydrogens (primary N) is 1. The monoisotopic (exact) mass is 260 g/mol. The van der Waals surface area contributed by atoms with Gasteiger partial charge in [0.2, 0.25) is 5.91 Å². The number of hydrogen-bond donors (Lipinski definition) is 1. The molecule has 0 radical (unpaired) electrons. The third-order valence-corrected chi connectivity index (χ3v) is 4.07. The fourth-order valence-electron chi connectivity index (χ4n) is 2.69. The lowest BCUT2D eigenvalue weighted by Gasteiger charge is -2.31. The molecule has 1 aliphatic carbocycles. The summed E-state index contributed by atoms with van der Waals surface area (Å²) >= 11 is 0. The van der Waals surface area contributed by atoms with E-state index in [1.165, 1.54) is 0 Å². The number of carbonyl (C=O) groups is 1. The van der Waals surface area contributed by atoms with Crippen LogP contribution >= 0.6 is 0 Å². The lowest BCUT2D eigenvalue weighted by Crippen LogP contribution is -2.55. The van der Waals surface area contributed by atoms with Gasteiger partial charge in [-0.1, -0.05) is 12.1 Å². The van der Waals surface area contributed by atoms with Crippen LogP contribution < -0.4 is 15.4 Å². The van der Waals surface area contributed by atoms with Crippen LogP contribution in [0.5, 0.6) is 5.75 Å². The first kappa shape index (κ1) is 12.5. The zero-order valence-corrected chi connectivity index (χ0v) is 11.3. The summed E-state index contributed by atoms with van der Waals surface area (Å²) < 4.78 is 5.68. The molecular weight excluding hydrogens is 240 g/mol. The Morgan fingerprint density at radius 2 is 2.16 bits per heavy atom. The van der Waals surface area contributed by atoms with Crippen LogP contribution in [0.25, 0.3) is 0 Å². The van der Waals surface area contributed by atoms with Crippen LogP contribution in [0, 0.1) is 5.92 Å². The second-order valence-electron chi connectivity index (χ2n) is 5.68. The zero-order chi connectivity index (χ0) is 13.5. The maximum absolute atomic E-state index is 12.8. The number of rotatable bonds is 2. The van der Waals surface area contributed by atoms with E-state index in [4.69, 9.17) is 10.5 Å². The lowest BCUT2D eigenvalue weighted by molar-refractivity contribution is -0.123. The Labute approximate surface area is 113 Å². The van der Waals surface area contributed by atoms with Gasteiger partial charge in [0.1, 0.15) is 5.75 Å².